The van der Waals surface area contributed by atoms with Crippen LogP contribution in [0.3, 0.4) is 0 Å². The minimum absolute atomic E-state index is 0.0101. The number of carbonyl (C=O) groups excluding carboxylic acids is 1. The number of esters is 1. The fourth-order valence-electron chi connectivity index (χ4n) is 2.55. The summed E-state index contributed by atoms with van der Waals surface area (Å²) in [6, 6.07) is 5.52. The lowest BCUT2D eigenvalue weighted by molar-refractivity contribution is -0.226. The van der Waals surface area contributed by atoms with Gasteiger partial charge in [0.2, 0.25) is 0 Å². The highest BCUT2D eigenvalue weighted by Crippen LogP contribution is 2.46. The number of carbonyl (C=O) groups is 1. The minimum atomic E-state index is -4.98. The van der Waals surface area contributed by atoms with Crippen LogP contribution >= 0.6 is 11.6 Å². The molecule has 0 heterocycles. The zero-order valence-corrected chi connectivity index (χ0v) is 12.3. The first kappa shape index (κ1) is 16.1. The van der Waals surface area contributed by atoms with Gasteiger partial charge in [0.1, 0.15) is 0 Å². The Hall–Kier alpha value is -1.27. The molecule has 0 spiro atoms. The molecule has 0 aliphatic heterocycles. The van der Waals surface area contributed by atoms with Crippen molar-refractivity contribution in [2.45, 2.75) is 37.6 Å². The highest BCUT2D eigenvalue weighted by Gasteiger charge is 2.52. The van der Waals surface area contributed by atoms with Gasteiger partial charge in [0.15, 0.2) is 5.72 Å². The average molecular weight is 322 g/mol. The molecule has 0 bridgehead atoms. The third kappa shape index (κ3) is 3.49. The standard InChI is InChI=1S/C14H15ClF3NO2/c1-8-3-9(5-11(15)4-8)10-6-13(7-10,19-2)21-12(20)14(16,17)18/h3-5,10,19H,6-7H2,1-2H3. The smallest absolute Gasteiger partial charge is 0.437 e. The van der Waals surface area contributed by atoms with E-state index in [9.17, 15) is 18.0 Å². The second-order valence-corrected chi connectivity index (χ2v) is 5.74. The van der Waals surface area contributed by atoms with Gasteiger partial charge in [-0.25, -0.2) is 4.79 Å². The normalized spacial score (nSPS) is 25.3. The van der Waals surface area contributed by atoms with E-state index >= 15 is 0 Å². The van der Waals surface area contributed by atoms with Gasteiger partial charge in [0.25, 0.3) is 0 Å². The number of hydrogen-bond donors (Lipinski definition) is 1. The van der Waals surface area contributed by atoms with E-state index in [1.165, 1.54) is 7.05 Å². The summed E-state index contributed by atoms with van der Waals surface area (Å²) < 4.78 is 41.4. The summed E-state index contributed by atoms with van der Waals surface area (Å²) in [4.78, 5) is 11.0. The van der Waals surface area contributed by atoms with Gasteiger partial charge in [-0.2, -0.15) is 13.2 Å². The fourth-order valence-corrected chi connectivity index (χ4v) is 2.84. The second-order valence-electron chi connectivity index (χ2n) is 5.30. The van der Waals surface area contributed by atoms with E-state index in [2.05, 4.69) is 10.1 Å². The van der Waals surface area contributed by atoms with E-state index in [-0.39, 0.29) is 18.8 Å². The van der Waals surface area contributed by atoms with Gasteiger partial charge >= 0.3 is 12.1 Å². The molecule has 1 aromatic carbocycles. The van der Waals surface area contributed by atoms with Crippen LogP contribution in [-0.2, 0) is 9.53 Å². The van der Waals surface area contributed by atoms with Crippen LogP contribution in [0.2, 0.25) is 5.02 Å². The summed E-state index contributed by atoms with van der Waals surface area (Å²) in [6.07, 6.45) is -4.42. The summed E-state index contributed by atoms with van der Waals surface area (Å²) >= 11 is 5.97. The number of benzene rings is 1. The third-order valence-electron chi connectivity index (χ3n) is 3.66. The maximum absolute atomic E-state index is 12.3. The maximum atomic E-state index is 12.3. The molecular weight excluding hydrogens is 307 g/mol. The highest BCUT2D eigenvalue weighted by atomic mass is 35.5. The highest BCUT2D eigenvalue weighted by molar-refractivity contribution is 6.30. The van der Waals surface area contributed by atoms with Crippen molar-refractivity contribution in [1.82, 2.24) is 5.32 Å². The molecule has 116 valence electrons. The van der Waals surface area contributed by atoms with Gasteiger partial charge in [0, 0.05) is 17.9 Å². The van der Waals surface area contributed by atoms with Crippen molar-refractivity contribution in [1.29, 1.82) is 0 Å². The van der Waals surface area contributed by atoms with Crippen LogP contribution in [0.1, 0.15) is 29.9 Å². The molecule has 1 saturated carbocycles. The Labute approximate surface area is 125 Å². The van der Waals surface area contributed by atoms with Crippen molar-refractivity contribution >= 4 is 17.6 Å². The second kappa shape index (κ2) is 5.50. The van der Waals surface area contributed by atoms with Crippen molar-refractivity contribution < 1.29 is 22.7 Å². The first-order chi connectivity index (χ1) is 9.65. The Morgan fingerprint density at radius 2 is 2.00 bits per heavy atom. The van der Waals surface area contributed by atoms with E-state index in [4.69, 9.17) is 11.6 Å². The van der Waals surface area contributed by atoms with Crippen LogP contribution in [-0.4, -0.2) is 24.9 Å². The van der Waals surface area contributed by atoms with Gasteiger partial charge in [-0.1, -0.05) is 17.7 Å². The summed E-state index contributed by atoms with van der Waals surface area (Å²) in [5.41, 5.74) is 0.661. The topological polar surface area (TPSA) is 38.3 Å². The summed E-state index contributed by atoms with van der Waals surface area (Å²) in [5, 5.41) is 3.25. The molecule has 1 aliphatic rings. The van der Waals surface area contributed by atoms with Gasteiger partial charge in [-0.05, 0) is 43.1 Å². The van der Waals surface area contributed by atoms with E-state index in [0.717, 1.165) is 11.1 Å². The summed E-state index contributed by atoms with van der Waals surface area (Å²) in [6.45, 7) is 1.89. The van der Waals surface area contributed by atoms with E-state index in [1.54, 1.807) is 12.1 Å². The van der Waals surface area contributed by atoms with Crippen LogP contribution < -0.4 is 5.32 Å². The SMILES string of the molecule is CNC1(OC(=O)C(F)(F)F)CC(c2cc(C)cc(Cl)c2)C1. The van der Waals surface area contributed by atoms with Crippen LogP contribution in [0.5, 0.6) is 0 Å². The van der Waals surface area contributed by atoms with Crippen molar-refractivity contribution in [3.05, 3.63) is 34.3 Å². The zero-order valence-electron chi connectivity index (χ0n) is 11.6. The molecule has 1 N–H and O–H groups in total. The summed E-state index contributed by atoms with van der Waals surface area (Å²) in [5.74, 6) is -2.16. The van der Waals surface area contributed by atoms with Crippen molar-refractivity contribution in [2.24, 2.45) is 0 Å². The van der Waals surface area contributed by atoms with Gasteiger partial charge < -0.3 is 4.74 Å². The third-order valence-corrected chi connectivity index (χ3v) is 3.88. The molecule has 3 nitrogen and oxygen atoms in total. The molecule has 0 unspecified atom stereocenters. The number of nitrogens with one attached hydrogen (secondary N) is 1. The number of alkyl halides is 3. The molecule has 0 amide bonds. The largest absolute Gasteiger partial charge is 0.490 e. The predicted molar refractivity (Wildman–Crippen MR) is 72.1 cm³/mol. The Morgan fingerprint density at radius 1 is 1.38 bits per heavy atom. The molecule has 1 aromatic rings. The van der Waals surface area contributed by atoms with E-state index < -0.39 is 17.9 Å². The molecule has 0 atom stereocenters. The van der Waals surface area contributed by atoms with E-state index in [0.29, 0.717) is 5.02 Å². The van der Waals surface area contributed by atoms with Crippen molar-refractivity contribution in [2.75, 3.05) is 7.05 Å². The van der Waals surface area contributed by atoms with Crippen LogP contribution in [0.15, 0.2) is 18.2 Å². The molecule has 7 heteroatoms. The zero-order chi connectivity index (χ0) is 15.8. The van der Waals surface area contributed by atoms with Crippen LogP contribution in [0.25, 0.3) is 0 Å². The Balaban J connectivity index is 2.07. The first-order valence-corrected chi connectivity index (χ1v) is 6.79. The summed E-state index contributed by atoms with van der Waals surface area (Å²) in [7, 11) is 1.48. The van der Waals surface area contributed by atoms with Gasteiger partial charge in [0.05, 0.1) is 0 Å². The lowest BCUT2D eigenvalue weighted by atomic mass is 9.72. The lowest BCUT2D eigenvalue weighted by Gasteiger charge is -2.46. The van der Waals surface area contributed by atoms with Crippen LogP contribution in [0.4, 0.5) is 13.2 Å². The molecule has 1 fully saturated rings. The molecule has 21 heavy (non-hydrogen) atoms. The van der Waals surface area contributed by atoms with Gasteiger partial charge in [-0.15, -0.1) is 0 Å². The van der Waals surface area contributed by atoms with E-state index in [1.807, 2.05) is 13.0 Å². The number of aryl methyl sites for hydroxylation is 1. The molecule has 1 aliphatic carbocycles. The van der Waals surface area contributed by atoms with Gasteiger partial charge in [-0.3, -0.25) is 5.32 Å². The number of rotatable bonds is 3. The average Bonchev–Trinajstić information content (AvgIpc) is 2.30. The molecule has 0 saturated heterocycles. The Bertz CT molecular complexity index is 533. The number of hydrogen-bond acceptors (Lipinski definition) is 3. The molecular formula is C14H15ClF3NO2. The maximum Gasteiger partial charge on any atom is 0.490 e. The van der Waals surface area contributed by atoms with Crippen molar-refractivity contribution in [3.63, 3.8) is 0 Å². The quantitative estimate of drug-likeness (QED) is 0.683. The fraction of sp³-hybridized carbons (Fsp3) is 0.500. The van der Waals surface area contributed by atoms with Crippen molar-refractivity contribution in [3.8, 4) is 0 Å². The number of halogens is 4. The lowest BCUT2D eigenvalue weighted by Crippen LogP contribution is -2.57. The molecule has 0 aromatic heterocycles. The minimum Gasteiger partial charge on any atom is -0.437 e. The predicted octanol–water partition coefficient (Wildman–Crippen LogP) is 3.55. The monoisotopic (exact) mass is 321 g/mol. The Kier molecular flexibility index (Phi) is 4.22. The number of ether oxygens (including phenoxy) is 1. The molecule has 2 rings (SSSR count). The first-order valence-electron chi connectivity index (χ1n) is 6.41. The Morgan fingerprint density at radius 3 is 2.48 bits per heavy atom. The molecule has 0 radical (unpaired) electrons. The van der Waals surface area contributed by atoms with Crippen LogP contribution in [0, 0.1) is 6.92 Å².